The van der Waals surface area contributed by atoms with Gasteiger partial charge >= 0.3 is 6.03 Å². The summed E-state index contributed by atoms with van der Waals surface area (Å²) < 4.78 is 5.37. The Bertz CT molecular complexity index is 857. The van der Waals surface area contributed by atoms with Gasteiger partial charge in [-0.05, 0) is 42.8 Å². The molecule has 3 rings (SSSR count). The number of amides is 3. The van der Waals surface area contributed by atoms with Crippen molar-refractivity contribution in [1.29, 1.82) is 0 Å². The quantitative estimate of drug-likeness (QED) is 0.684. The number of carbonyl (C=O) groups is 2. The van der Waals surface area contributed by atoms with Crippen LogP contribution in [0.3, 0.4) is 0 Å². The fraction of sp³-hybridized carbons (Fsp3) is 0.409. The molecule has 0 radical (unpaired) electrons. The number of rotatable bonds is 7. The van der Waals surface area contributed by atoms with Crippen LogP contribution in [0.4, 0.5) is 10.5 Å². The molecular formula is C22H28ClN5O3. The van der Waals surface area contributed by atoms with E-state index in [0.29, 0.717) is 23.8 Å². The molecule has 1 aromatic heterocycles. The second-order valence-electron chi connectivity index (χ2n) is 7.49. The normalized spacial score (nSPS) is 16.4. The number of anilines is 1. The zero-order chi connectivity index (χ0) is 22.2. The van der Waals surface area contributed by atoms with Crippen molar-refractivity contribution < 1.29 is 14.3 Å². The third-order valence-corrected chi connectivity index (χ3v) is 5.56. The van der Waals surface area contributed by atoms with E-state index in [9.17, 15) is 9.59 Å². The number of aromatic nitrogens is 1. The number of carbonyl (C=O) groups excluding carboxylic acids is 2. The summed E-state index contributed by atoms with van der Waals surface area (Å²) in [5.41, 5.74) is 1.73. The Morgan fingerprint density at radius 1 is 1.16 bits per heavy atom. The maximum atomic E-state index is 13.2. The van der Waals surface area contributed by atoms with Gasteiger partial charge in [0.15, 0.2) is 0 Å². The first kappa shape index (κ1) is 23.0. The summed E-state index contributed by atoms with van der Waals surface area (Å²) in [6.45, 7) is 5.26. The first-order chi connectivity index (χ1) is 15.0. The van der Waals surface area contributed by atoms with Crippen molar-refractivity contribution in [1.82, 2.24) is 20.1 Å². The number of halogens is 1. The molecule has 2 heterocycles. The molecule has 0 saturated carbocycles. The molecule has 31 heavy (non-hydrogen) atoms. The smallest absolute Gasteiger partial charge is 0.319 e. The number of nitrogens with one attached hydrogen (secondary N) is 2. The maximum Gasteiger partial charge on any atom is 0.319 e. The molecule has 1 aliphatic rings. The number of hydrogen-bond donors (Lipinski definition) is 2. The maximum absolute atomic E-state index is 13.2. The van der Waals surface area contributed by atoms with E-state index in [1.807, 2.05) is 18.3 Å². The fourth-order valence-corrected chi connectivity index (χ4v) is 3.56. The molecule has 1 aliphatic heterocycles. The molecule has 2 aromatic rings. The van der Waals surface area contributed by atoms with Crippen molar-refractivity contribution in [3.63, 3.8) is 0 Å². The topological polar surface area (TPSA) is 86.8 Å². The number of urea groups is 1. The highest BCUT2D eigenvalue weighted by molar-refractivity contribution is 6.30. The van der Waals surface area contributed by atoms with Crippen molar-refractivity contribution in [2.24, 2.45) is 0 Å². The van der Waals surface area contributed by atoms with Gasteiger partial charge in [0.05, 0.1) is 6.10 Å². The molecule has 1 aromatic carbocycles. The number of methoxy groups -OCH3 is 1. The SMILES string of the molecule is CO[C@H](C)[C@@H](NC(=O)Nc1ccc(Cl)cc1)C(=O)N1CCN(Cc2cccnc2)CC1. The molecule has 0 aliphatic carbocycles. The summed E-state index contributed by atoms with van der Waals surface area (Å²) in [6, 6.07) is 9.46. The molecule has 2 atom stereocenters. The molecule has 3 amide bonds. The Hall–Kier alpha value is -2.68. The van der Waals surface area contributed by atoms with Gasteiger partial charge < -0.3 is 20.3 Å². The summed E-state index contributed by atoms with van der Waals surface area (Å²) in [5, 5.41) is 6.06. The second-order valence-corrected chi connectivity index (χ2v) is 7.92. The molecule has 1 saturated heterocycles. The van der Waals surface area contributed by atoms with Gasteiger partial charge in [0.2, 0.25) is 5.91 Å². The highest BCUT2D eigenvalue weighted by atomic mass is 35.5. The third kappa shape index (κ3) is 6.65. The average molecular weight is 446 g/mol. The molecule has 9 heteroatoms. The molecule has 2 N–H and O–H groups in total. The number of nitrogens with zero attached hydrogens (tertiary/aromatic N) is 3. The fourth-order valence-electron chi connectivity index (χ4n) is 3.43. The van der Waals surface area contributed by atoms with E-state index in [-0.39, 0.29) is 5.91 Å². The zero-order valence-electron chi connectivity index (χ0n) is 17.8. The minimum absolute atomic E-state index is 0.151. The Morgan fingerprint density at radius 2 is 1.87 bits per heavy atom. The van der Waals surface area contributed by atoms with Gasteiger partial charge in [0.25, 0.3) is 0 Å². The van der Waals surface area contributed by atoms with E-state index < -0.39 is 18.2 Å². The number of benzene rings is 1. The van der Waals surface area contributed by atoms with E-state index in [1.165, 1.54) is 7.11 Å². The van der Waals surface area contributed by atoms with Crippen LogP contribution in [-0.2, 0) is 16.1 Å². The van der Waals surface area contributed by atoms with E-state index >= 15 is 0 Å². The van der Waals surface area contributed by atoms with Crippen molar-refractivity contribution in [3.05, 3.63) is 59.4 Å². The van der Waals surface area contributed by atoms with Crippen LogP contribution >= 0.6 is 11.6 Å². The van der Waals surface area contributed by atoms with Crippen LogP contribution in [0.5, 0.6) is 0 Å². The van der Waals surface area contributed by atoms with E-state index in [0.717, 1.165) is 25.2 Å². The van der Waals surface area contributed by atoms with Crippen LogP contribution < -0.4 is 10.6 Å². The lowest BCUT2D eigenvalue weighted by atomic mass is 10.1. The van der Waals surface area contributed by atoms with Crippen molar-refractivity contribution in [2.75, 3.05) is 38.6 Å². The van der Waals surface area contributed by atoms with Gasteiger partial charge in [-0.2, -0.15) is 0 Å². The summed E-state index contributed by atoms with van der Waals surface area (Å²) in [6.07, 6.45) is 3.14. The van der Waals surface area contributed by atoms with Gasteiger partial charge in [0, 0.05) is 62.9 Å². The molecule has 8 nitrogen and oxygen atoms in total. The van der Waals surface area contributed by atoms with Gasteiger partial charge in [0.1, 0.15) is 6.04 Å². The largest absolute Gasteiger partial charge is 0.379 e. The lowest BCUT2D eigenvalue weighted by molar-refractivity contribution is -0.138. The van der Waals surface area contributed by atoms with E-state index in [4.69, 9.17) is 16.3 Å². The molecule has 1 fully saturated rings. The van der Waals surface area contributed by atoms with Crippen molar-refractivity contribution in [2.45, 2.75) is 25.6 Å². The number of pyridine rings is 1. The lowest BCUT2D eigenvalue weighted by Gasteiger charge is -2.37. The average Bonchev–Trinajstić information content (AvgIpc) is 2.79. The number of piperazine rings is 1. The Labute approximate surface area is 187 Å². The van der Waals surface area contributed by atoms with Crippen molar-refractivity contribution >= 4 is 29.2 Å². The summed E-state index contributed by atoms with van der Waals surface area (Å²) in [4.78, 5) is 33.8. The standard InChI is InChI=1S/C22H28ClN5O3/c1-16(31-2)20(26-22(30)25-19-7-5-18(23)6-8-19)21(29)28-12-10-27(11-13-28)15-17-4-3-9-24-14-17/h3-9,14,16,20H,10-13,15H2,1-2H3,(H2,25,26,30)/t16-,20-/m1/s1. The van der Waals surface area contributed by atoms with Crippen molar-refractivity contribution in [3.8, 4) is 0 Å². The van der Waals surface area contributed by atoms with Gasteiger partial charge in [-0.1, -0.05) is 17.7 Å². The van der Waals surface area contributed by atoms with E-state index in [2.05, 4.69) is 20.5 Å². The predicted octanol–water partition coefficient (Wildman–Crippen LogP) is 2.60. The van der Waals surface area contributed by atoms with Crippen LogP contribution in [-0.4, -0.2) is 72.2 Å². The van der Waals surface area contributed by atoms with Gasteiger partial charge in [-0.3, -0.25) is 14.7 Å². The van der Waals surface area contributed by atoms with Gasteiger partial charge in [-0.25, -0.2) is 4.79 Å². The van der Waals surface area contributed by atoms with Crippen LogP contribution in [0, 0.1) is 0 Å². The van der Waals surface area contributed by atoms with Crippen LogP contribution in [0.1, 0.15) is 12.5 Å². The highest BCUT2D eigenvalue weighted by Gasteiger charge is 2.32. The molecule has 0 bridgehead atoms. The molecule has 0 unspecified atom stereocenters. The molecular weight excluding hydrogens is 418 g/mol. The Morgan fingerprint density at radius 3 is 2.48 bits per heavy atom. The zero-order valence-corrected chi connectivity index (χ0v) is 18.5. The summed E-state index contributed by atoms with van der Waals surface area (Å²) in [7, 11) is 1.52. The van der Waals surface area contributed by atoms with Crippen LogP contribution in [0.2, 0.25) is 5.02 Å². The number of ether oxygens (including phenoxy) is 1. The highest BCUT2D eigenvalue weighted by Crippen LogP contribution is 2.14. The first-order valence-corrected chi connectivity index (χ1v) is 10.6. The summed E-state index contributed by atoms with van der Waals surface area (Å²) in [5.74, 6) is -0.151. The van der Waals surface area contributed by atoms with E-state index in [1.54, 1.807) is 42.3 Å². The minimum Gasteiger partial charge on any atom is -0.379 e. The Balaban J connectivity index is 1.55. The number of hydrogen-bond acceptors (Lipinski definition) is 5. The molecule has 166 valence electrons. The predicted molar refractivity (Wildman–Crippen MR) is 120 cm³/mol. The van der Waals surface area contributed by atoms with Crippen LogP contribution in [0.25, 0.3) is 0 Å². The first-order valence-electron chi connectivity index (χ1n) is 10.2. The summed E-state index contributed by atoms with van der Waals surface area (Å²) >= 11 is 5.87. The third-order valence-electron chi connectivity index (χ3n) is 5.31. The molecule has 0 spiro atoms. The van der Waals surface area contributed by atoms with Gasteiger partial charge in [-0.15, -0.1) is 0 Å². The monoisotopic (exact) mass is 445 g/mol. The Kier molecular flexibility index (Phi) is 8.22. The lowest BCUT2D eigenvalue weighted by Crippen LogP contribution is -2.58. The van der Waals surface area contributed by atoms with Crippen LogP contribution in [0.15, 0.2) is 48.8 Å². The minimum atomic E-state index is -0.790. The second kappa shape index (κ2) is 11.1.